The number of aliphatic hydroxyl groups is 1. The second-order valence-corrected chi connectivity index (χ2v) is 10.2. The third kappa shape index (κ3) is 4.81. The number of allylic oxidation sites excluding steroid dienone is 4. The Morgan fingerprint density at radius 2 is 2.06 bits per heavy atom. The number of pyridine rings is 1. The maximum atomic E-state index is 12.7. The Labute approximate surface area is 208 Å². The van der Waals surface area contributed by atoms with Gasteiger partial charge in [0.1, 0.15) is 23.6 Å². The molecule has 8 nitrogen and oxygen atoms in total. The van der Waals surface area contributed by atoms with Crippen molar-refractivity contribution < 1.29 is 9.90 Å². The first-order chi connectivity index (χ1) is 17.1. The van der Waals surface area contributed by atoms with Crippen LogP contribution < -0.4 is 10.6 Å². The van der Waals surface area contributed by atoms with Crippen molar-refractivity contribution >= 4 is 34.8 Å². The lowest BCUT2D eigenvalue weighted by atomic mass is 9.94. The van der Waals surface area contributed by atoms with Gasteiger partial charge in [-0.1, -0.05) is 23.8 Å². The Morgan fingerprint density at radius 1 is 1.20 bits per heavy atom. The topological polar surface area (TPSA) is 104 Å². The molecule has 3 aliphatic carbocycles. The third-order valence-electron chi connectivity index (χ3n) is 7.08. The molecule has 0 saturated heterocycles. The van der Waals surface area contributed by atoms with Gasteiger partial charge in [-0.25, -0.2) is 15.0 Å². The second kappa shape index (κ2) is 9.09. The van der Waals surface area contributed by atoms with Gasteiger partial charge in [-0.05, 0) is 61.1 Å². The average Bonchev–Trinajstić information content (AvgIpc) is 3.78. The predicted octanol–water partition coefficient (Wildman–Crippen LogP) is 4.38. The van der Waals surface area contributed by atoms with E-state index >= 15 is 0 Å². The van der Waals surface area contributed by atoms with Crippen LogP contribution in [-0.2, 0) is 17.9 Å². The summed E-state index contributed by atoms with van der Waals surface area (Å²) >= 11 is 6.16. The Balaban J connectivity index is 1.08. The fraction of sp³-hybridized carbons (Fsp3) is 0.385. The van der Waals surface area contributed by atoms with E-state index in [-0.39, 0.29) is 18.4 Å². The highest BCUT2D eigenvalue weighted by Gasteiger charge is 2.47. The van der Waals surface area contributed by atoms with Gasteiger partial charge in [0.05, 0.1) is 18.8 Å². The number of anilines is 2. The average molecular weight is 491 g/mol. The van der Waals surface area contributed by atoms with E-state index in [4.69, 9.17) is 11.6 Å². The molecule has 180 valence electrons. The minimum Gasteiger partial charge on any atom is -0.392 e. The van der Waals surface area contributed by atoms with Gasteiger partial charge < -0.3 is 20.1 Å². The molecule has 0 spiro atoms. The number of amides is 1. The highest BCUT2D eigenvalue weighted by molar-refractivity contribution is 6.29. The molecule has 2 fully saturated rings. The van der Waals surface area contributed by atoms with E-state index in [0.717, 1.165) is 34.8 Å². The van der Waals surface area contributed by atoms with Crippen LogP contribution in [0.2, 0.25) is 0 Å². The lowest BCUT2D eigenvalue weighted by Crippen LogP contribution is -2.18. The van der Waals surface area contributed by atoms with Gasteiger partial charge in [-0.2, -0.15) is 0 Å². The lowest BCUT2D eigenvalue weighted by Gasteiger charge is -2.15. The van der Waals surface area contributed by atoms with Gasteiger partial charge in [0.15, 0.2) is 0 Å². The van der Waals surface area contributed by atoms with E-state index in [1.165, 1.54) is 24.7 Å². The van der Waals surface area contributed by atoms with Gasteiger partial charge in [0.2, 0.25) is 5.91 Å². The Kier molecular flexibility index (Phi) is 5.78. The monoisotopic (exact) mass is 490 g/mol. The van der Waals surface area contributed by atoms with Gasteiger partial charge in [-0.15, -0.1) is 0 Å². The summed E-state index contributed by atoms with van der Waals surface area (Å²) in [6.07, 6.45) is 15.6. The number of aliphatic hydroxyl groups excluding tert-OH is 1. The van der Waals surface area contributed by atoms with Crippen LogP contribution in [0.3, 0.4) is 0 Å². The number of aromatic nitrogens is 4. The number of carbonyl (C=O) groups excluding carboxylic acids is 1. The molecule has 0 aliphatic heterocycles. The normalized spacial score (nSPS) is 23.3. The number of carbonyl (C=O) groups is 1. The molecule has 1 amide bonds. The smallest absolute Gasteiger partial charge is 0.228 e. The van der Waals surface area contributed by atoms with Crippen LogP contribution in [0.5, 0.6) is 0 Å². The van der Waals surface area contributed by atoms with E-state index in [9.17, 15) is 9.90 Å². The van der Waals surface area contributed by atoms with Crippen LogP contribution in [0.1, 0.15) is 48.4 Å². The third-order valence-corrected chi connectivity index (χ3v) is 7.36. The molecule has 35 heavy (non-hydrogen) atoms. The predicted molar refractivity (Wildman–Crippen MR) is 134 cm³/mol. The van der Waals surface area contributed by atoms with Crippen LogP contribution >= 0.6 is 11.6 Å². The number of rotatable bonds is 8. The second-order valence-electron chi connectivity index (χ2n) is 9.70. The minimum atomic E-state index is -0.0362. The van der Waals surface area contributed by atoms with Gasteiger partial charge >= 0.3 is 0 Å². The molecular weight excluding hydrogens is 464 g/mol. The molecule has 1 unspecified atom stereocenters. The van der Waals surface area contributed by atoms with Crippen LogP contribution in [-0.4, -0.2) is 30.4 Å². The van der Waals surface area contributed by atoms with Gasteiger partial charge in [0.25, 0.3) is 0 Å². The largest absolute Gasteiger partial charge is 0.392 e. The van der Waals surface area contributed by atoms with E-state index in [0.29, 0.717) is 35.9 Å². The summed E-state index contributed by atoms with van der Waals surface area (Å²) < 4.78 is 2.00. The number of nitrogens with one attached hydrogen (secondary N) is 2. The van der Waals surface area contributed by atoms with E-state index < -0.39 is 0 Å². The summed E-state index contributed by atoms with van der Waals surface area (Å²) in [5.74, 6) is 2.30. The molecule has 6 rings (SSSR count). The molecule has 0 aromatic carbocycles. The number of halogens is 1. The van der Waals surface area contributed by atoms with Crippen LogP contribution in [0.4, 0.5) is 11.6 Å². The molecule has 3 N–H and O–H groups in total. The first-order valence-electron chi connectivity index (χ1n) is 12.1. The van der Waals surface area contributed by atoms with Crippen molar-refractivity contribution in [1.29, 1.82) is 0 Å². The molecule has 0 bridgehead atoms. The summed E-state index contributed by atoms with van der Waals surface area (Å²) in [7, 11) is 0. The van der Waals surface area contributed by atoms with Crippen LogP contribution in [0, 0.1) is 17.8 Å². The summed E-state index contributed by atoms with van der Waals surface area (Å²) in [6.45, 7) is 0.425. The molecule has 2 saturated carbocycles. The molecule has 0 radical (unpaired) electrons. The number of imidazole rings is 1. The van der Waals surface area contributed by atoms with E-state index in [1.54, 1.807) is 6.07 Å². The summed E-state index contributed by atoms with van der Waals surface area (Å²) in [5.41, 5.74) is 3.71. The van der Waals surface area contributed by atoms with Crippen molar-refractivity contribution in [3.63, 3.8) is 0 Å². The Bertz CT molecular complexity index is 1340. The van der Waals surface area contributed by atoms with E-state index in [2.05, 4.69) is 43.9 Å². The fourth-order valence-electron chi connectivity index (χ4n) is 4.96. The number of hydrogen-bond acceptors (Lipinski definition) is 6. The van der Waals surface area contributed by atoms with Crippen molar-refractivity contribution in [3.8, 4) is 0 Å². The zero-order valence-corrected chi connectivity index (χ0v) is 19.9. The van der Waals surface area contributed by atoms with Crippen molar-refractivity contribution in [1.82, 2.24) is 19.4 Å². The molecular formula is C26H27ClN6O2. The molecule has 3 aromatic heterocycles. The SMILES string of the molecule is O=C(Nc1cc(NCc2cn3cc(C4CC4)cc(CO)c3n2)ncn1)[C@H]1C[C@@H]1C1C=CC=C(Cl)C1. The molecule has 9 heteroatoms. The van der Waals surface area contributed by atoms with Crippen molar-refractivity contribution in [3.05, 3.63) is 70.9 Å². The highest BCUT2D eigenvalue weighted by Crippen LogP contribution is 2.48. The highest BCUT2D eigenvalue weighted by atomic mass is 35.5. The van der Waals surface area contributed by atoms with E-state index in [1.807, 2.05) is 22.7 Å². The van der Waals surface area contributed by atoms with Crippen LogP contribution in [0.25, 0.3) is 5.65 Å². The number of nitrogens with zero attached hydrogens (tertiary/aromatic N) is 4. The van der Waals surface area contributed by atoms with Crippen molar-refractivity contribution in [2.45, 2.75) is 44.8 Å². The number of fused-ring (bicyclic) bond motifs is 1. The summed E-state index contributed by atoms with van der Waals surface area (Å²) in [6, 6.07) is 3.80. The zero-order chi connectivity index (χ0) is 23.9. The quantitative estimate of drug-likeness (QED) is 0.433. The molecule has 3 atom stereocenters. The minimum absolute atomic E-state index is 0.0120. The van der Waals surface area contributed by atoms with Gasteiger partial charge in [0, 0.05) is 35.0 Å². The van der Waals surface area contributed by atoms with Crippen LogP contribution in [0.15, 0.2) is 54.1 Å². The van der Waals surface area contributed by atoms with Crippen molar-refractivity contribution in [2.75, 3.05) is 10.6 Å². The molecule has 3 heterocycles. The Hall–Kier alpha value is -3.23. The molecule has 3 aromatic rings. The maximum Gasteiger partial charge on any atom is 0.228 e. The van der Waals surface area contributed by atoms with Gasteiger partial charge in [-0.3, -0.25) is 4.79 Å². The standard InChI is InChI=1S/C26H27ClN6O2/c27-19-3-1-2-16(7-19)21-8-22(21)26(35)32-24-9-23(29-14-30-24)28-10-20-12-33-11-17(15-4-5-15)6-18(13-34)25(33)31-20/h1-3,6,9,11-12,14-16,21-22,34H,4-5,7-8,10,13H2,(H2,28,29,30,32,35)/t16?,21-,22+/m1/s1. The van der Waals surface area contributed by atoms with Crippen molar-refractivity contribution in [2.24, 2.45) is 17.8 Å². The fourth-order valence-corrected chi connectivity index (χ4v) is 5.21. The number of hydrogen-bond donors (Lipinski definition) is 3. The maximum absolute atomic E-state index is 12.7. The first-order valence-corrected chi connectivity index (χ1v) is 12.5. The first kappa shape index (κ1) is 22.2. The zero-order valence-electron chi connectivity index (χ0n) is 19.2. The summed E-state index contributed by atoms with van der Waals surface area (Å²) in [4.78, 5) is 25.9. The molecule has 3 aliphatic rings. The lowest BCUT2D eigenvalue weighted by molar-refractivity contribution is -0.117. The summed E-state index contributed by atoms with van der Waals surface area (Å²) in [5, 5.41) is 16.8. The Morgan fingerprint density at radius 3 is 2.86 bits per heavy atom.